The molecule has 1 N–H and O–H groups in total. The predicted octanol–water partition coefficient (Wildman–Crippen LogP) is 5.17. The first-order valence-corrected chi connectivity index (χ1v) is 11.2. The number of anilines is 1. The maximum absolute atomic E-state index is 13.6. The lowest BCUT2D eigenvalue weighted by Gasteiger charge is -2.38. The van der Waals surface area contributed by atoms with Crippen LogP contribution in [-0.4, -0.2) is 23.6 Å². The highest BCUT2D eigenvalue weighted by molar-refractivity contribution is 7.92. The fraction of sp³-hybridized carbons (Fsp3) is 0.300. The molecule has 1 saturated carbocycles. The number of H-pyrrole nitrogens is 1. The van der Waals surface area contributed by atoms with Gasteiger partial charge in [0.25, 0.3) is 10.0 Å². The Kier molecular flexibility index (Phi) is 4.58. The number of pyridine rings is 1. The Bertz CT molecular complexity index is 1330. The summed E-state index contributed by atoms with van der Waals surface area (Å²) >= 11 is 0. The van der Waals surface area contributed by atoms with Crippen molar-refractivity contribution in [2.75, 3.05) is 4.31 Å². The number of sulfonamides is 1. The second-order valence-electron chi connectivity index (χ2n) is 7.89. The van der Waals surface area contributed by atoms with Gasteiger partial charge in [0.15, 0.2) is 0 Å². The van der Waals surface area contributed by atoms with Crippen LogP contribution in [0.25, 0.3) is 11.3 Å². The first-order chi connectivity index (χ1) is 15.4. The Labute approximate surface area is 183 Å². The number of aromatic nitrogens is 3. The molecular formula is C20H14F6N4O2S. The topological polar surface area (TPSA) is 79.0 Å². The predicted molar refractivity (Wildman–Crippen MR) is 103 cm³/mol. The molecule has 1 aromatic carbocycles. The van der Waals surface area contributed by atoms with E-state index >= 15 is 0 Å². The van der Waals surface area contributed by atoms with Crippen molar-refractivity contribution in [3.8, 4) is 11.3 Å². The molecule has 0 unspecified atom stereocenters. The van der Waals surface area contributed by atoms with Crippen LogP contribution in [0.1, 0.15) is 35.7 Å². The van der Waals surface area contributed by atoms with Crippen molar-refractivity contribution in [2.45, 2.75) is 36.1 Å². The standard InChI is InChI=1S/C20H14F6N4O2S/c21-19(22,23)11-3-5-15-13(7-11)17-14(9-28-29-17)18(10-1-2-10)30(15)33(31,32)12-4-6-16(27-8-12)20(24,25)26/h3-10,18H,1-2H2,(H,28,29)/t18-/m1/s1. The zero-order valence-corrected chi connectivity index (χ0v) is 17.3. The van der Waals surface area contributed by atoms with Crippen molar-refractivity contribution < 1.29 is 34.8 Å². The lowest BCUT2D eigenvalue weighted by atomic mass is 9.92. The van der Waals surface area contributed by atoms with E-state index < -0.39 is 44.6 Å². The van der Waals surface area contributed by atoms with E-state index in [9.17, 15) is 34.8 Å². The summed E-state index contributed by atoms with van der Waals surface area (Å²) in [6.45, 7) is 0. The monoisotopic (exact) mass is 488 g/mol. The molecule has 3 aromatic rings. The molecule has 0 saturated heterocycles. The van der Waals surface area contributed by atoms with Gasteiger partial charge in [-0.2, -0.15) is 31.4 Å². The van der Waals surface area contributed by atoms with Crippen molar-refractivity contribution in [1.29, 1.82) is 0 Å². The fourth-order valence-electron chi connectivity index (χ4n) is 4.07. The second kappa shape index (κ2) is 6.95. The number of fused-ring (bicyclic) bond motifs is 3. The largest absolute Gasteiger partial charge is 0.433 e. The quantitative estimate of drug-likeness (QED) is 0.516. The van der Waals surface area contributed by atoms with Gasteiger partial charge in [-0.1, -0.05) is 0 Å². The molecule has 5 rings (SSSR count). The molecule has 0 spiro atoms. The van der Waals surface area contributed by atoms with Crippen molar-refractivity contribution in [2.24, 2.45) is 5.92 Å². The normalized spacial score (nSPS) is 18.7. The van der Waals surface area contributed by atoms with Gasteiger partial charge in [0.1, 0.15) is 10.6 Å². The van der Waals surface area contributed by atoms with Crippen molar-refractivity contribution in [3.05, 3.63) is 59.5 Å². The summed E-state index contributed by atoms with van der Waals surface area (Å²) in [5, 5.41) is 6.58. The maximum Gasteiger partial charge on any atom is 0.433 e. The highest BCUT2D eigenvalue weighted by Crippen LogP contribution is 2.55. The minimum absolute atomic E-state index is 0.0160. The van der Waals surface area contributed by atoms with Crippen LogP contribution in [0.3, 0.4) is 0 Å². The van der Waals surface area contributed by atoms with E-state index in [1.54, 1.807) is 0 Å². The minimum Gasteiger partial charge on any atom is -0.277 e. The molecule has 1 aliphatic heterocycles. The van der Waals surface area contributed by atoms with Gasteiger partial charge in [0, 0.05) is 17.3 Å². The molecule has 0 radical (unpaired) electrons. The third-order valence-corrected chi connectivity index (χ3v) is 7.50. The number of hydrogen-bond acceptors (Lipinski definition) is 4. The average Bonchev–Trinajstić information content (AvgIpc) is 3.46. The highest BCUT2D eigenvalue weighted by Gasteiger charge is 2.48. The van der Waals surface area contributed by atoms with Gasteiger partial charge in [-0.05, 0) is 49.1 Å². The SMILES string of the molecule is O=S(=O)(c1ccc(C(F)(F)F)nc1)N1c2ccc(C(F)(F)F)cc2-c2[nH]ncc2[C@H]1C1CC1. The number of rotatable bonds is 3. The molecular weight excluding hydrogens is 474 g/mol. The fourth-order valence-corrected chi connectivity index (χ4v) is 5.72. The zero-order chi connectivity index (χ0) is 23.8. The van der Waals surface area contributed by atoms with Crippen LogP contribution in [0.15, 0.2) is 47.6 Å². The van der Waals surface area contributed by atoms with Gasteiger partial charge in [-0.15, -0.1) is 0 Å². The van der Waals surface area contributed by atoms with Gasteiger partial charge < -0.3 is 0 Å². The number of nitrogens with zero attached hydrogens (tertiary/aromatic N) is 3. The number of benzene rings is 1. The molecule has 0 bridgehead atoms. The molecule has 1 aliphatic carbocycles. The molecule has 33 heavy (non-hydrogen) atoms. The molecule has 3 heterocycles. The van der Waals surface area contributed by atoms with Crippen LogP contribution < -0.4 is 4.31 Å². The molecule has 2 aromatic heterocycles. The van der Waals surface area contributed by atoms with E-state index in [-0.39, 0.29) is 22.9 Å². The van der Waals surface area contributed by atoms with Gasteiger partial charge in [0.05, 0.1) is 29.2 Å². The van der Waals surface area contributed by atoms with E-state index in [0.717, 1.165) is 28.6 Å². The lowest BCUT2D eigenvalue weighted by molar-refractivity contribution is -0.141. The number of halogens is 6. The number of hydrogen-bond donors (Lipinski definition) is 1. The van der Waals surface area contributed by atoms with Crippen LogP contribution >= 0.6 is 0 Å². The Balaban J connectivity index is 1.69. The summed E-state index contributed by atoms with van der Waals surface area (Å²) < 4.78 is 107. The van der Waals surface area contributed by atoms with E-state index in [1.807, 2.05) is 0 Å². The molecule has 1 atom stereocenters. The summed E-state index contributed by atoms with van der Waals surface area (Å²) in [5.41, 5.74) is -1.57. The van der Waals surface area contributed by atoms with Gasteiger partial charge in [-0.25, -0.2) is 8.42 Å². The number of aromatic amines is 1. The summed E-state index contributed by atoms with van der Waals surface area (Å²) in [5.74, 6) is -0.117. The van der Waals surface area contributed by atoms with E-state index in [0.29, 0.717) is 30.7 Å². The van der Waals surface area contributed by atoms with Crippen molar-refractivity contribution in [1.82, 2.24) is 15.2 Å². The summed E-state index contributed by atoms with van der Waals surface area (Å²) in [7, 11) is -4.48. The number of nitrogens with one attached hydrogen (secondary N) is 1. The zero-order valence-electron chi connectivity index (χ0n) is 16.4. The van der Waals surface area contributed by atoms with E-state index in [4.69, 9.17) is 0 Å². The third kappa shape index (κ3) is 3.54. The first kappa shape index (κ1) is 21.7. The van der Waals surface area contributed by atoms with Crippen LogP contribution in [0.2, 0.25) is 0 Å². The van der Waals surface area contributed by atoms with Crippen molar-refractivity contribution >= 4 is 15.7 Å². The molecule has 174 valence electrons. The Morgan fingerprint density at radius 3 is 2.27 bits per heavy atom. The third-order valence-electron chi connectivity index (χ3n) is 5.72. The molecule has 1 fully saturated rings. The first-order valence-electron chi connectivity index (χ1n) is 9.71. The van der Waals surface area contributed by atoms with Crippen LogP contribution in [0.5, 0.6) is 0 Å². The van der Waals surface area contributed by atoms with E-state index in [2.05, 4.69) is 15.2 Å². The summed E-state index contributed by atoms with van der Waals surface area (Å²) in [6.07, 6.45) is -6.07. The Morgan fingerprint density at radius 2 is 1.70 bits per heavy atom. The highest BCUT2D eigenvalue weighted by atomic mass is 32.2. The molecule has 0 amide bonds. The lowest BCUT2D eigenvalue weighted by Crippen LogP contribution is -2.38. The summed E-state index contributed by atoms with van der Waals surface area (Å²) in [4.78, 5) is 2.73. The minimum atomic E-state index is -4.75. The van der Waals surface area contributed by atoms with Gasteiger partial charge >= 0.3 is 12.4 Å². The van der Waals surface area contributed by atoms with E-state index in [1.165, 1.54) is 6.20 Å². The maximum atomic E-state index is 13.6. The summed E-state index contributed by atoms with van der Waals surface area (Å²) in [6, 6.07) is 3.26. The van der Waals surface area contributed by atoms with Crippen molar-refractivity contribution in [3.63, 3.8) is 0 Å². The smallest absolute Gasteiger partial charge is 0.277 e. The molecule has 2 aliphatic rings. The second-order valence-corrected chi connectivity index (χ2v) is 9.70. The Hall–Kier alpha value is -3.09. The molecule has 13 heteroatoms. The van der Waals surface area contributed by atoms with Gasteiger partial charge in [-0.3, -0.25) is 14.4 Å². The molecule has 6 nitrogen and oxygen atoms in total. The van der Waals surface area contributed by atoms with Crippen LogP contribution in [-0.2, 0) is 22.4 Å². The van der Waals surface area contributed by atoms with Crippen LogP contribution in [0, 0.1) is 5.92 Å². The Morgan fingerprint density at radius 1 is 0.970 bits per heavy atom. The average molecular weight is 488 g/mol. The van der Waals surface area contributed by atoms with Gasteiger partial charge in [0.2, 0.25) is 0 Å². The number of alkyl halides is 6. The van der Waals surface area contributed by atoms with Crippen LogP contribution in [0.4, 0.5) is 32.0 Å².